The smallest absolute Gasteiger partial charge is 0.00347 e. The van der Waals surface area contributed by atoms with Crippen molar-refractivity contribution in [1.29, 1.82) is 0 Å². The van der Waals surface area contributed by atoms with Crippen LogP contribution in [0.4, 0.5) is 0 Å². The van der Waals surface area contributed by atoms with Gasteiger partial charge in [-0.2, -0.15) is 0 Å². The van der Waals surface area contributed by atoms with Gasteiger partial charge in [-0.05, 0) is 36.3 Å². The lowest BCUT2D eigenvalue weighted by Crippen LogP contribution is -2.36. The van der Waals surface area contributed by atoms with Gasteiger partial charge in [-0.1, -0.05) is 30.7 Å². The Morgan fingerprint density at radius 1 is 1.27 bits per heavy atom. The molecule has 1 saturated heterocycles. The molecular weight excluding hydrogens is 182 g/mol. The Morgan fingerprint density at radius 2 is 2.07 bits per heavy atom. The lowest BCUT2D eigenvalue weighted by molar-refractivity contribution is 0.137. The summed E-state index contributed by atoms with van der Waals surface area (Å²) in [5, 5.41) is 3.59. The fraction of sp³-hybridized carbons (Fsp3) is 0.571. The highest BCUT2D eigenvalue weighted by Crippen LogP contribution is 2.53. The van der Waals surface area contributed by atoms with Crippen LogP contribution < -0.4 is 5.32 Å². The molecule has 1 heterocycles. The second-order valence-corrected chi connectivity index (χ2v) is 5.26. The summed E-state index contributed by atoms with van der Waals surface area (Å²) in [7, 11) is 0. The van der Waals surface area contributed by atoms with E-state index >= 15 is 0 Å². The Hall–Kier alpha value is -0.820. The molecule has 1 aliphatic heterocycles. The van der Waals surface area contributed by atoms with E-state index in [9.17, 15) is 0 Å². The van der Waals surface area contributed by atoms with Crippen molar-refractivity contribution in [1.82, 2.24) is 5.32 Å². The third kappa shape index (κ3) is 1.33. The Balaban J connectivity index is 1.96. The van der Waals surface area contributed by atoms with Crippen LogP contribution in [-0.2, 0) is 0 Å². The zero-order valence-corrected chi connectivity index (χ0v) is 9.42. The van der Waals surface area contributed by atoms with E-state index in [0.29, 0.717) is 5.41 Å². The second kappa shape index (κ2) is 3.34. The average Bonchev–Trinajstić information content (AvgIpc) is 2.62. The first kappa shape index (κ1) is 9.41. The SMILES string of the molecule is Cc1ccccc1[C@H]1CNCC12CCC2. The van der Waals surface area contributed by atoms with Crippen LogP contribution in [0.3, 0.4) is 0 Å². The largest absolute Gasteiger partial charge is 0.316 e. The first-order valence-electron chi connectivity index (χ1n) is 6.08. The molecule has 1 aromatic carbocycles. The van der Waals surface area contributed by atoms with Crippen molar-refractivity contribution in [2.45, 2.75) is 32.1 Å². The summed E-state index contributed by atoms with van der Waals surface area (Å²) in [6.07, 6.45) is 4.29. The lowest BCUT2D eigenvalue weighted by Gasteiger charge is -2.43. The molecule has 15 heavy (non-hydrogen) atoms. The summed E-state index contributed by atoms with van der Waals surface area (Å²) in [5.41, 5.74) is 3.67. The number of aryl methyl sites for hydroxylation is 1. The normalized spacial score (nSPS) is 27.9. The number of benzene rings is 1. The molecule has 0 unspecified atom stereocenters. The number of nitrogens with one attached hydrogen (secondary N) is 1. The summed E-state index contributed by atoms with van der Waals surface area (Å²) in [6, 6.07) is 8.91. The van der Waals surface area contributed by atoms with Gasteiger partial charge in [0.25, 0.3) is 0 Å². The van der Waals surface area contributed by atoms with Crippen molar-refractivity contribution < 1.29 is 0 Å². The molecule has 1 nitrogen and oxygen atoms in total. The van der Waals surface area contributed by atoms with Gasteiger partial charge in [0, 0.05) is 19.0 Å². The van der Waals surface area contributed by atoms with E-state index in [1.807, 2.05) is 0 Å². The van der Waals surface area contributed by atoms with Crippen molar-refractivity contribution in [3.8, 4) is 0 Å². The molecule has 0 radical (unpaired) electrons. The maximum atomic E-state index is 3.59. The van der Waals surface area contributed by atoms with Gasteiger partial charge in [-0.3, -0.25) is 0 Å². The molecule has 2 fully saturated rings. The number of hydrogen-bond acceptors (Lipinski definition) is 1. The Labute approximate surface area is 91.9 Å². The monoisotopic (exact) mass is 201 g/mol. The summed E-state index contributed by atoms with van der Waals surface area (Å²) < 4.78 is 0. The van der Waals surface area contributed by atoms with Crippen molar-refractivity contribution in [3.05, 3.63) is 35.4 Å². The van der Waals surface area contributed by atoms with Gasteiger partial charge < -0.3 is 5.32 Å². The van der Waals surface area contributed by atoms with Crippen LogP contribution in [0, 0.1) is 12.3 Å². The van der Waals surface area contributed by atoms with Crippen LogP contribution in [0.15, 0.2) is 24.3 Å². The molecule has 80 valence electrons. The Kier molecular flexibility index (Phi) is 2.10. The highest BCUT2D eigenvalue weighted by Gasteiger charge is 2.47. The molecule has 3 rings (SSSR count). The fourth-order valence-corrected chi connectivity index (χ4v) is 3.38. The highest BCUT2D eigenvalue weighted by atomic mass is 14.9. The first-order chi connectivity index (χ1) is 7.32. The quantitative estimate of drug-likeness (QED) is 0.736. The van der Waals surface area contributed by atoms with E-state index in [4.69, 9.17) is 0 Å². The molecule has 1 N–H and O–H groups in total. The van der Waals surface area contributed by atoms with Gasteiger partial charge in [0.15, 0.2) is 0 Å². The molecule has 1 spiro atoms. The average molecular weight is 201 g/mol. The molecule has 1 aliphatic carbocycles. The van der Waals surface area contributed by atoms with Crippen LogP contribution in [0.2, 0.25) is 0 Å². The lowest BCUT2D eigenvalue weighted by atomic mass is 9.61. The Morgan fingerprint density at radius 3 is 2.73 bits per heavy atom. The maximum absolute atomic E-state index is 3.59. The van der Waals surface area contributed by atoms with E-state index in [0.717, 1.165) is 5.92 Å². The van der Waals surface area contributed by atoms with Crippen LogP contribution in [0.1, 0.15) is 36.3 Å². The third-order valence-electron chi connectivity index (χ3n) is 4.48. The predicted octanol–water partition coefficient (Wildman–Crippen LogP) is 2.85. The summed E-state index contributed by atoms with van der Waals surface area (Å²) in [5.74, 6) is 0.771. The van der Waals surface area contributed by atoms with E-state index in [-0.39, 0.29) is 0 Å². The molecule has 1 atom stereocenters. The maximum Gasteiger partial charge on any atom is 0.00347 e. The molecule has 0 bridgehead atoms. The minimum absolute atomic E-state index is 0.617. The molecule has 0 aromatic heterocycles. The molecular formula is C14H19N. The van der Waals surface area contributed by atoms with Crippen molar-refractivity contribution in [2.75, 3.05) is 13.1 Å². The summed E-state index contributed by atoms with van der Waals surface area (Å²) in [6.45, 7) is 4.68. The standard InChI is InChI=1S/C14H19N/c1-11-5-2-3-6-12(11)13-9-15-10-14(13)7-4-8-14/h2-3,5-6,13,15H,4,7-10H2,1H3/t13-/m1/s1. The highest BCUT2D eigenvalue weighted by molar-refractivity contribution is 5.33. The number of hydrogen-bond donors (Lipinski definition) is 1. The van der Waals surface area contributed by atoms with Gasteiger partial charge in [-0.25, -0.2) is 0 Å². The molecule has 1 saturated carbocycles. The first-order valence-corrected chi connectivity index (χ1v) is 6.08. The van der Waals surface area contributed by atoms with Crippen LogP contribution in [0.5, 0.6) is 0 Å². The zero-order chi connectivity index (χ0) is 10.3. The van der Waals surface area contributed by atoms with Gasteiger partial charge >= 0.3 is 0 Å². The summed E-state index contributed by atoms with van der Waals surface area (Å²) >= 11 is 0. The van der Waals surface area contributed by atoms with E-state index in [1.54, 1.807) is 5.56 Å². The predicted molar refractivity (Wildman–Crippen MR) is 63.1 cm³/mol. The van der Waals surface area contributed by atoms with Crippen molar-refractivity contribution >= 4 is 0 Å². The molecule has 0 amide bonds. The van der Waals surface area contributed by atoms with E-state index in [1.165, 1.54) is 37.9 Å². The molecule has 1 aromatic rings. The van der Waals surface area contributed by atoms with E-state index < -0.39 is 0 Å². The third-order valence-corrected chi connectivity index (χ3v) is 4.48. The van der Waals surface area contributed by atoms with Gasteiger partial charge in [0.2, 0.25) is 0 Å². The zero-order valence-electron chi connectivity index (χ0n) is 9.42. The Bertz CT molecular complexity index is 365. The fourth-order valence-electron chi connectivity index (χ4n) is 3.38. The van der Waals surface area contributed by atoms with Crippen LogP contribution in [-0.4, -0.2) is 13.1 Å². The van der Waals surface area contributed by atoms with Gasteiger partial charge in [0.1, 0.15) is 0 Å². The van der Waals surface area contributed by atoms with Crippen LogP contribution >= 0.6 is 0 Å². The minimum atomic E-state index is 0.617. The number of rotatable bonds is 1. The van der Waals surface area contributed by atoms with Gasteiger partial charge in [-0.15, -0.1) is 0 Å². The molecule has 2 aliphatic rings. The minimum Gasteiger partial charge on any atom is -0.316 e. The second-order valence-electron chi connectivity index (χ2n) is 5.26. The summed E-state index contributed by atoms with van der Waals surface area (Å²) in [4.78, 5) is 0. The van der Waals surface area contributed by atoms with Gasteiger partial charge in [0.05, 0.1) is 0 Å². The molecule has 1 heteroatoms. The van der Waals surface area contributed by atoms with Crippen LogP contribution in [0.25, 0.3) is 0 Å². The van der Waals surface area contributed by atoms with E-state index in [2.05, 4.69) is 36.5 Å². The topological polar surface area (TPSA) is 12.0 Å². The van der Waals surface area contributed by atoms with Crippen molar-refractivity contribution in [3.63, 3.8) is 0 Å². The van der Waals surface area contributed by atoms with Crippen molar-refractivity contribution in [2.24, 2.45) is 5.41 Å².